The third-order valence-corrected chi connectivity index (χ3v) is 8.48. The first-order chi connectivity index (χ1) is 19.1. The number of hydrogen-bond donors (Lipinski definition) is 3. The highest BCUT2D eigenvalue weighted by Gasteiger charge is 2.27. The molecule has 0 radical (unpaired) electrons. The van der Waals surface area contributed by atoms with E-state index >= 15 is 8.78 Å². The van der Waals surface area contributed by atoms with Gasteiger partial charge in [-0.15, -0.1) is 0 Å². The summed E-state index contributed by atoms with van der Waals surface area (Å²) < 4.78 is 72.9. The van der Waals surface area contributed by atoms with Crippen LogP contribution < -0.4 is 14.9 Å². The van der Waals surface area contributed by atoms with Gasteiger partial charge < -0.3 is 15.2 Å². The lowest BCUT2D eigenvalue weighted by atomic mass is 9.99. The van der Waals surface area contributed by atoms with Crippen LogP contribution in [0.15, 0.2) is 48.8 Å². The number of nitrogens with zero attached hydrogens (tertiary/aromatic N) is 3. The fraction of sp³-hybridized carbons (Fsp3) is 0.259. The van der Waals surface area contributed by atoms with E-state index in [0.29, 0.717) is 29.9 Å². The second kappa shape index (κ2) is 10.9. The van der Waals surface area contributed by atoms with Gasteiger partial charge in [-0.25, -0.2) is 18.2 Å². The van der Waals surface area contributed by atoms with Gasteiger partial charge in [0.1, 0.15) is 17.3 Å². The maximum atomic E-state index is 15.4. The van der Waals surface area contributed by atoms with Crippen LogP contribution in [0.25, 0.3) is 22.2 Å². The van der Waals surface area contributed by atoms with Crippen molar-refractivity contribution in [1.29, 1.82) is 0 Å². The number of carbonyl (C=O) groups is 1. The Labute approximate surface area is 229 Å². The van der Waals surface area contributed by atoms with Gasteiger partial charge in [0.25, 0.3) is 0 Å². The smallest absolute Gasteiger partial charge is 0.301 e. The number of H-pyrrole nitrogens is 1. The van der Waals surface area contributed by atoms with Crippen molar-refractivity contribution >= 4 is 38.4 Å². The van der Waals surface area contributed by atoms with Crippen LogP contribution in [-0.4, -0.2) is 68.2 Å². The molecule has 1 fully saturated rings. The zero-order valence-corrected chi connectivity index (χ0v) is 22.6. The SMILES string of the molecule is CCN(C)S(=O)(=O)Nc1ccc(F)c(C(=O)c2c[nH]c3ncc(-c4ccc(N5CCNCC5)c(F)c4)cc23)c1F. The van der Waals surface area contributed by atoms with Crippen molar-refractivity contribution in [3.8, 4) is 11.1 Å². The van der Waals surface area contributed by atoms with Gasteiger partial charge in [-0.2, -0.15) is 12.7 Å². The summed E-state index contributed by atoms with van der Waals surface area (Å²) in [7, 11) is -2.83. The molecule has 2 aromatic carbocycles. The standard InChI is InChI=1S/C27H27F3N6O3S/c1-3-35(2)40(38,39)34-22-6-5-20(28)24(25(22)30)26(37)19-15-33-27-18(19)12-17(14-32-27)16-4-7-23(21(29)13-16)36-10-8-31-9-11-36/h4-7,12-15,31,34H,3,8-11H2,1-2H3,(H,32,33). The van der Waals surface area contributed by atoms with Crippen LogP contribution in [0.2, 0.25) is 0 Å². The Morgan fingerprint density at radius 2 is 1.82 bits per heavy atom. The van der Waals surface area contributed by atoms with Crippen LogP contribution in [0.1, 0.15) is 22.8 Å². The molecule has 3 N–H and O–H groups in total. The Hall–Kier alpha value is -3.94. The van der Waals surface area contributed by atoms with Gasteiger partial charge in [-0.05, 0) is 35.9 Å². The molecular weight excluding hydrogens is 545 g/mol. The molecule has 40 heavy (non-hydrogen) atoms. The summed E-state index contributed by atoms with van der Waals surface area (Å²) in [5.41, 5.74) is 0.221. The topological polar surface area (TPSA) is 110 Å². The van der Waals surface area contributed by atoms with Crippen molar-refractivity contribution in [3.63, 3.8) is 0 Å². The molecule has 2 aromatic heterocycles. The highest BCUT2D eigenvalue weighted by molar-refractivity contribution is 7.90. The van der Waals surface area contributed by atoms with Gasteiger partial charge in [-0.3, -0.25) is 9.52 Å². The third-order valence-electron chi connectivity index (χ3n) is 6.93. The molecule has 1 saturated heterocycles. The lowest BCUT2D eigenvalue weighted by Crippen LogP contribution is -2.43. The monoisotopic (exact) mass is 572 g/mol. The quantitative estimate of drug-likeness (QED) is 0.277. The summed E-state index contributed by atoms with van der Waals surface area (Å²) >= 11 is 0. The molecule has 0 saturated carbocycles. The van der Waals surface area contributed by atoms with Gasteiger partial charge in [0, 0.05) is 68.7 Å². The minimum atomic E-state index is -4.12. The first kappa shape index (κ1) is 27.6. The number of hydrogen-bond acceptors (Lipinski definition) is 6. The Morgan fingerprint density at radius 1 is 1.07 bits per heavy atom. The largest absolute Gasteiger partial charge is 0.367 e. The molecule has 0 spiro atoms. The first-order valence-electron chi connectivity index (χ1n) is 12.6. The fourth-order valence-corrected chi connectivity index (χ4v) is 5.49. The number of piperazine rings is 1. The lowest BCUT2D eigenvalue weighted by molar-refractivity contribution is 0.103. The first-order valence-corrected chi connectivity index (χ1v) is 14.0. The Kier molecular flexibility index (Phi) is 7.53. The molecule has 9 nitrogen and oxygen atoms in total. The van der Waals surface area contributed by atoms with E-state index in [1.807, 2.05) is 9.62 Å². The average molecular weight is 573 g/mol. The van der Waals surface area contributed by atoms with Crippen molar-refractivity contribution in [1.82, 2.24) is 19.6 Å². The summed E-state index contributed by atoms with van der Waals surface area (Å²) in [6.07, 6.45) is 2.78. The summed E-state index contributed by atoms with van der Waals surface area (Å²) in [6.45, 7) is 4.59. The number of aromatic nitrogens is 2. The minimum Gasteiger partial charge on any atom is -0.367 e. The third kappa shape index (κ3) is 5.15. The van der Waals surface area contributed by atoms with Crippen LogP contribution in [-0.2, 0) is 10.2 Å². The molecule has 3 heterocycles. The van der Waals surface area contributed by atoms with E-state index in [1.54, 1.807) is 25.1 Å². The molecule has 5 rings (SSSR count). The van der Waals surface area contributed by atoms with E-state index in [4.69, 9.17) is 0 Å². The fourth-order valence-electron chi connectivity index (χ4n) is 4.56. The van der Waals surface area contributed by atoms with Crippen LogP contribution in [0, 0.1) is 17.5 Å². The van der Waals surface area contributed by atoms with Crippen LogP contribution in [0.4, 0.5) is 24.5 Å². The second-order valence-corrected chi connectivity index (χ2v) is 11.1. The van der Waals surface area contributed by atoms with Crippen molar-refractivity contribution < 1.29 is 26.4 Å². The summed E-state index contributed by atoms with van der Waals surface area (Å²) in [5.74, 6) is -3.91. The van der Waals surface area contributed by atoms with Gasteiger partial charge in [0.2, 0.25) is 5.78 Å². The predicted octanol–water partition coefficient (Wildman–Crippen LogP) is 3.90. The number of fused-ring (bicyclic) bond motifs is 1. The summed E-state index contributed by atoms with van der Waals surface area (Å²) in [5, 5.41) is 3.49. The number of aromatic amines is 1. The van der Waals surface area contributed by atoms with Crippen molar-refractivity contribution in [3.05, 3.63) is 77.4 Å². The highest BCUT2D eigenvalue weighted by Crippen LogP contribution is 2.31. The number of halogens is 3. The Balaban J connectivity index is 1.50. The van der Waals surface area contributed by atoms with Gasteiger partial charge in [0.15, 0.2) is 5.82 Å². The van der Waals surface area contributed by atoms with Crippen LogP contribution in [0.5, 0.6) is 0 Å². The predicted molar refractivity (Wildman–Crippen MR) is 147 cm³/mol. The number of anilines is 2. The zero-order chi connectivity index (χ0) is 28.6. The van der Waals surface area contributed by atoms with Crippen molar-refractivity contribution in [2.24, 2.45) is 0 Å². The highest BCUT2D eigenvalue weighted by atomic mass is 32.2. The molecule has 4 aromatic rings. The molecule has 0 amide bonds. The van der Waals surface area contributed by atoms with E-state index in [0.717, 1.165) is 29.5 Å². The van der Waals surface area contributed by atoms with Crippen LogP contribution in [0.3, 0.4) is 0 Å². The molecule has 0 unspecified atom stereocenters. The number of ketones is 1. The minimum absolute atomic E-state index is 0.0780. The molecule has 1 aliphatic heterocycles. The molecule has 210 valence electrons. The van der Waals surface area contributed by atoms with Gasteiger partial charge in [-0.1, -0.05) is 13.0 Å². The average Bonchev–Trinajstić information content (AvgIpc) is 3.38. The molecule has 1 aliphatic rings. The lowest BCUT2D eigenvalue weighted by Gasteiger charge is -2.29. The number of benzene rings is 2. The molecule has 13 heteroatoms. The van der Waals surface area contributed by atoms with Crippen LogP contribution >= 0.6 is 0 Å². The second-order valence-electron chi connectivity index (χ2n) is 9.36. The normalized spacial score (nSPS) is 14.2. The molecular formula is C27H27F3N6O3S. The molecule has 0 aliphatic carbocycles. The van der Waals surface area contributed by atoms with E-state index in [2.05, 4.69) is 15.3 Å². The number of nitrogens with one attached hydrogen (secondary N) is 3. The van der Waals surface area contributed by atoms with Gasteiger partial charge >= 0.3 is 10.2 Å². The molecule has 0 atom stereocenters. The van der Waals surface area contributed by atoms with E-state index in [9.17, 15) is 17.6 Å². The number of pyridine rings is 1. The van der Waals surface area contributed by atoms with E-state index < -0.39 is 44.7 Å². The zero-order valence-electron chi connectivity index (χ0n) is 21.8. The Morgan fingerprint density at radius 3 is 2.52 bits per heavy atom. The van der Waals surface area contributed by atoms with Gasteiger partial charge in [0.05, 0.1) is 16.9 Å². The number of carbonyl (C=O) groups excluding carboxylic acids is 1. The van der Waals surface area contributed by atoms with E-state index in [1.165, 1.54) is 25.5 Å². The Bertz CT molecular complexity index is 1700. The summed E-state index contributed by atoms with van der Waals surface area (Å²) in [6, 6.07) is 8.15. The van der Waals surface area contributed by atoms with E-state index in [-0.39, 0.29) is 23.1 Å². The maximum Gasteiger partial charge on any atom is 0.301 e. The van der Waals surface area contributed by atoms with Crippen molar-refractivity contribution in [2.75, 3.05) is 49.4 Å². The number of rotatable bonds is 8. The summed E-state index contributed by atoms with van der Waals surface area (Å²) in [4.78, 5) is 22.5. The van der Waals surface area contributed by atoms with Crippen molar-refractivity contribution in [2.45, 2.75) is 6.92 Å². The maximum absolute atomic E-state index is 15.4. The molecule has 0 bridgehead atoms.